The van der Waals surface area contributed by atoms with Crippen molar-refractivity contribution in [1.29, 1.82) is 5.26 Å². The maximum atomic E-state index is 11.5. The Morgan fingerprint density at radius 3 is 2.56 bits per heavy atom. The molecule has 0 bridgehead atoms. The summed E-state index contributed by atoms with van der Waals surface area (Å²) in [6.07, 6.45) is 1.40. The van der Waals surface area contributed by atoms with Crippen LogP contribution >= 0.6 is 24.0 Å². The Morgan fingerprint density at radius 2 is 1.91 bits per heavy atom. The number of pyridine rings is 1. The monoisotopic (exact) mass is 496 g/mol. The molecule has 1 aromatic heterocycles. The fourth-order valence-corrected chi connectivity index (χ4v) is 3.54. The van der Waals surface area contributed by atoms with Crippen molar-refractivity contribution < 1.29 is 14.4 Å². The number of hydrogen-bond donors (Lipinski definition) is 1. The quantitative estimate of drug-likeness (QED) is 0.232. The summed E-state index contributed by atoms with van der Waals surface area (Å²) in [4.78, 5) is 15.2. The third-order valence-electron chi connectivity index (χ3n) is 4.92. The van der Waals surface area contributed by atoms with Gasteiger partial charge in [0.15, 0.2) is 5.75 Å². The van der Waals surface area contributed by atoms with Crippen molar-refractivity contribution in [2.45, 2.75) is 6.61 Å². The molecule has 0 spiro atoms. The standard InChI is InChI=1S/C24H17ClN4O4.ClH/c1-32-23-11-20-18(10-21(23)29(30)31)24(16(12-26)13-27-20)28-17-7-8-22(19(25)9-17)33-14-15-5-3-2-4-6-15;/h2-11,13H,14H2,1H3,(H,27,28);1H. The number of nitro groups is 1. The van der Waals surface area contributed by atoms with E-state index < -0.39 is 4.92 Å². The van der Waals surface area contributed by atoms with Crippen molar-refractivity contribution in [3.8, 4) is 17.6 Å². The van der Waals surface area contributed by atoms with E-state index in [0.717, 1.165) is 5.56 Å². The highest BCUT2D eigenvalue weighted by atomic mass is 35.5. The number of aromatic nitrogens is 1. The lowest BCUT2D eigenvalue weighted by Gasteiger charge is -2.14. The van der Waals surface area contributed by atoms with Crippen LogP contribution in [0.2, 0.25) is 5.02 Å². The number of nitriles is 1. The molecule has 0 radical (unpaired) electrons. The van der Waals surface area contributed by atoms with Crippen LogP contribution in [0.5, 0.6) is 11.5 Å². The van der Waals surface area contributed by atoms with Gasteiger partial charge in [0.05, 0.1) is 33.8 Å². The first-order valence-corrected chi connectivity index (χ1v) is 10.2. The Morgan fingerprint density at radius 1 is 1.15 bits per heavy atom. The lowest BCUT2D eigenvalue weighted by atomic mass is 10.1. The molecule has 1 heterocycles. The van der Waals surface area contributed by atoms with Crippen molar-refractivity contribution in [3.05, 3.63) is 93.1 Å². The lowest BCUT2D eigenvalue weighted by molar-refractivity contribution is -0.385. The first kappa shape index (κ1) is 24.6. The molecular formula is C24H18Cl2N4O4. The number of ether oxygens (including phenoxy) is 2. The molecule has 0 aliphatic carbocycles. The van der Waals surface area contributed by atoms with Gasteiger partial charge in [0.1, 0.15) is 18.4 Å². The topological polar surface area (TPSA) is 110 Å². The zero-order valence-corrected chi connectivity index (χ0v) is 19.4. The maximum Gasteiger partial charge on any atom is 0.311 e. The van der Waals surface area contributed by atoms with E-state index in [1.165, 1.54) is 25.4 Å². The summed E-state index contributed by atoms with van der Waals surface area (Å²) in [5.74, 6) is 0.588. The Kier molecular flexibility index (Phi) is 7.74. The highest BCUT2D eigenvalue weighted by Gasteiger charge is 2.20. The molecule has 4 rings (SSSR count). The molecule has 0 fully saturated rings. The van der Waals surface area contributed by atoms with E-state index in [0.29, 0.717) is 39.7 Å². The summed E-state index contributed by atoms with van der Waals surface area (Å²) in [7, 11) is 1.35. The van der Waals surface area contributed by atoms with Gasteiger partial charge in [-0.05, 0) is 23.8 Å². The first-order chi connectivity index (χ1) is 16.0. The molecule has 10 heteroatoms. The van der Waals surface area contributed by atoms with Crippen molar-refractivity contribution in [2.24, 2.45) is 0 Å². The van der Waals surface area contributed by atoms with Gasteiger partial charge in [0.2, 0.25) is 0 Å². The minimum Gasteiger partial charge on any atom is -0.490 e. The molecule has 0 aliphatic heterocycles. The third-order valence-corrected chi connectivity index (χ3v) is 5.22. The van der Waals surface area contributed by atoms with Crippen LogP contribution in [-0.2, 0) is 6.61 Å². The largest absolute Gasteiger partial charge is 0.490 e. The van der Waals surface area contributed by atoms with E-state index in [1.54, 1.807) is 18.2 Å². The minimum atomic E-state index is -0.545. The highest BCUT2D eigenvalue weighted by molar-refractivity contribution is 6.32. The van der Waals surface area contributed by atoms with Gasteiger partial charge in [-0.2, -0.15) is 5.26 Å². The fourth-order valence-electron chi connectivity index (χ4n) is 3.31. The highest BCUT2D eigenvalue weighted by Crippen LogP contribution is 2.37. The average Bonchev–Trinajstić information content (AvgIpc) is 2.83. The molecule has 0 aliphatic rings. The third kappa shape index (κ3) is 5.12. The second-order valence-electron chi connectivity index (χ2n) is 7.00. The van der Waals surface area contributed by atoms with Crippen LogP contribution in [0.15, 0.2) is 66.9 Å². The van der Waals surface area contributed by atoms with E-state index in [4.69, 9.17) is 21.1 Å². The van der Waals surface area contributed by atoms with Gasteiger partial charge in [0, 0.05) is 29.4 Å². The van der Waals surface area contributed by atoms with Crippen molar-refractivity contribution in [2.75, 3.05) is 12.4 Å². The number of fused-ring (bicyclic) bond motifs is 1. The van der Waals surface area contributed by atoms with Crippen molar-refractivity contribution >= 4 is 52.0 Å². The summed E-state index contributed by atoms with van der Waals surface area (Å²) < 4.78 is 10.9. The molecule has 0 saturated heterocycles. The van der Waals surface area contributed by atoms with Crippen LogP contribution in [0, 0.1) is 21.4 Å². The Bertz CT molecular complexity index is 1390. The molecular weight excluding hydrogens is 479 g/mol. The fraction of sp³-hybridized carbons (Fsp3) is 0.0833. The van der Waals surface area contributed by atoms with Gasteiger partial charge >= 0.3 is 5.69 Å². The van der Waals surface area contributed by atoms with E-state index in [2.05, 4.69) is 16.4 Å². The number of methoxy groups -OCH3 is 1. The van der Waals surface area contributed by atoms with E-state index in [1.807, 2.05) is 30.3 Å². The summed E-state index contributed by atoms with van der Waals surface area (Å²) in [6.45, 7) is 0.367. The van der Waals surface area contributed by atoms with E-state index in [-0.39, 0.29) is 29.4 Å². The predicted molar refractivity (Wildman–Crippen MR) is 132 cm³/mol. The molecule has 34 heavy (non-hydrogen) atoms. The van der Waals surface area contributed by atoms with Crippen LogP contribution in [0.3, 0.4) is 0 Å². The van der Waals surface area contributed by atoms with Crippen LogP contribution in [0.4, 0.5) is 17.1 Å². The van der Waals surface area contributed by atoms with E-state index in [9.17, 15) is 15.4 Å². The molecule has 0 saturated carbocycles. The minimum absolute atomic E-state index is 0. The molecule has 1 N–H and O–H groups in total. The molecule has 8 nitrogen and oxygen atoms in total. The zero-order chi connectivity index (χ0) is 23.4. The van der Waals surface area contributed by atoms with E-state index >= 15 is 0 Å². The van der Waals surface area contributed by atoms with Gasteiger partial charge in [-0.1, -0.05) is 41.9 Å². The van der Waals surface area contributed by atoms with Crippen LogP contribution < -0.4 is 14.8 Å². The molecule has 0 amide bonds. The zero-order valence-electron chi connectivity index (χ0n) is 17.8. The summed E-state index contributed by atoms with van der Waals surface area (Å²) in [5, 5.41) is 25.0. The van der Waals surface area contributed by atoms with Crippen LogP contribution in [0.1, 0.15) is 11.1 Å². The molecule has 4 aromatic rings. The maximum absolute atomic E-state index is 11.5. The average molecular weight is 497 g/mol. The summed E-state index contributed by atoms with van der Waals surface area (Å²) in [6, 6.07) is 19.7. The second kappa shape index (κ2) is 10.7. The number of halogens is 2. The van der Waals surface area contributed by atoms with Crippen LogP contribution in [0.25, 0.3) is 10.9 Å². The number of benzene rings is 3. The van der Waals surface area contributed by atoms with Gasteiger partial charge in [-0.25, -0.2) is 0 Å². The Hall–Kier alpha value is -4.06. The van der Waals surface area contributed by atoms with Gasteiger partial charge in [0.25, 0.3) is 0 Å². The first-order valence-electron chi connectivity index (χ1n) is 9.78. The summed E-state index contributed by atoms with van der Waals surface area (Å²) >= 11 is 6.41. The number of nitro benzene ring substituents is 1. The molecule has 0 unspecified atom stereocenters. The normalized spacial score (nSPS) is 10.1. The Balaban J connectivity index is 0.00000324. The number of hydrogen-bond acceptors (Lipinski definition) is 7. The number of anilines is 2. The number of nitrogens with zero attached hydrogens (tertiary/aromatic N) is 3. The van der Waals surface area contributed by atoms with Gasteiger partial charge in [-0.15, -0.1) is 12.4 Å². The van der Waals surface area contributed by atoms with Gasteiger partial charge < -0.3 is 14.8 Å². The molecule has 172 valence electrons. The van der Waals surface area contributed by atoms with Crippen molar-refractivity contribution in [3.63, 3.8) is 0 Å². The molecule has 0 atom stereocenters. The second-order valence-corrected chi connectivity index (χ2v) is 7.41. The summed E-state index contributed by atoms with van der Waals surface area (Å²) in [5.41, 5.74) is 2.40. The van der Waals surface area contributed by atoms with Crippen molar-refractivity contribution in [1.82, 2.24) is 4.98 Å². The molecule has 3 aromatic carbocycles. The van der Waals surface area contributed by atoms with Gasteiger partial charge in [-0.3, -0.25) is 15.1 Å². The lowest BCUT2D eigenvalue weighted by Crippen LogP contribution is -2.00. The number of rotatable bonds is 7. The SMILES string of the molecule is COc1cc2ncc(C#N)c(Nc3ccc(OCc4ccccc4)c(Cl)c3)c2cc1[N+](=O)[O-].Cl. The number of nitrogens with one attached hydrogen (secondary N) is 1. The Labute approximate surface area is 206 Å². The van der Waals surface area contributed by atoms with Crippen LogP contribution in [-0.4, -0.2) is 17.0 Å². The smallest absolute Gasteiger partial charge is 0.311 e. The predicted octanol–water partition coefficient (Wildman–Crippen LogP) is 6.42.